The molecule has 41 heteroatoms. The number of oxazole rings is 4. The molecule has 0 atom stereocenters. The number of nitrogens with zero attached hydrogens (tertiary/aromatic N) is 23. The molecule has 21 rings (SSSR count). The minimum atomic E-state index is -0.636. The number of carbonyl (C=O) groups excluding carboxylic acids is 1. The normalized spacial score (nSPS) is 12.6. The summed E-state index contributed by atoms with van der Waals surface area (Å²) in [5, 5.41) is 29.8. The second-order valence-electron chi connectivity index (χ2n) is 30.0. The highest BCUT2D eigenvalue weighted by Gasteiger charge is 2.28. The van der Waals surface area contributed by atoms with Crippen LogP contribution < -0.4 is 56.9 Å². The minimum Gasteiger partial charge on any atom is -0.453 e. The van der Waals surface area contributed by atoms with Crippen molar-refractivity contribution in [2.45, 2.75) is 105 Å². The maximum Gasteiger partial charge on any atom is 0.412 e. The Kier molecular flexibility index (Phi) is 20.6. The van der Waals surface area contributed by atoms with Gasteiger partial charge in [0.25, 0.3) is 24.1 Å². The lowest BCUT2D eigenvalue weighted by Crippen LogP contribution is -2.20. The highest BCUT2D eigenvalue weighted by Crippen LogP contribution is 2.42. The van der Waals surface area contributed by atoms with Crippen LogP contribution in [-0.4, -0.2) is 140 Å². The average molecular weight is 1660 g/mol. The van der Waals surface area contributed by atoms with Gasteiger partial charge in [-0.05, 0) is 172 Å². The number of nitrogens with one attached hydrogen (secondary N) is 1. The summed E-state index contributed by atoms with van der Waals surface area (Å²) in [5.41, 5.74) is 71.1. The Morgan fingerprint density at radius 3 is 1.39 bits per heavy atom. The fourth-order valence-electron chi connectivity index (χ4n) is 14.8. The fraction of sp³-hybridized carbons (Fsp3) is 0.232. The topological polar surface area (TPSA) is 604 Å². The summed E-state index contributed by atoms with van der Waals surface area (Å²) in [6.07, 6.45) is 9.26. The van der Waals surface area contributed by atoms with E-state index in [2.05, 4.69) is 117 Å². The summed E-state index contributed by atoms with van der Waals surface area (Å²) in [6.45, 7) is 19.7. The van der Waals surface area contributed by atoms with Crippen molar-refractivity contribution in [3.05, 3.63) is 134 Å². The van der Waals surface area contributed by atoms with E-state index < -0.39 is 6.09 Å². The number of anilines is 10. The third kappa shape index (κ3) is 15.0. The first-order valence-corrected chi connectivity index (χ1v) is 38.9. The van der Waals surface area contributed by atoms with Gasteiger partial charge in [0.15, 0.2) is 50.7 Å². The number of carbonyl (C=O) groups is 1. The van der Waals surface area contributed by atoms with Gasteiger partial charge >= 0.3 is 6.09 Å². The lowest BCUT2D eigenvalue weighted by Gasteiger charge is -2.22. The van der Waals surface area contributed by atoms with Crippen molar-refractivity contribution in [1.29, 1.82) is 0 Å². The predicted octanol–water partition coefficient (Wildman–Crippen LogP) is 13.8. The minimum absolute atomic E-state index is 0.0893. The Morgan fingerprint density at radius 1 is 0.439 bits per heavy atom. The monoisotopic (exact) mass is 1660 g/mol. The highest BCUT2D eigenvalue weighted by molar-refractivity contribution is 6.06. The number of hydrogen-bond acceptors (Lipinski definition) is 35. The Hall–Kier alpha value is -16.2. The molecule has 19 N–H and O–H groups in total. The number of amides is 1. The number of nitrogens with two attached hydrogens (primary N) is 9. The van der Waals surface area contributed by atoms with Gasteiger partial charge in [-0.15, -0.1) is 0 Å². The van der Waals surface area contributed by atoms with Gasteiger partial charge in [-0.25, -0.2) is 63.7 Å². The number of fused-ring (bicyclic) bond motifs is 10. The largest absolute Gasteiger partial charge is 0.453 e. The molecule has 0 radical (unpaired) electrons. The molecule has 41 nitrogen and oxygen atoms in total. The molecule has 20 aromatic rings. The molecule has 0 spiro atoms. The van der Waals surface area contributed by atoms with Crippen LogP contribution in [0.25, 0.3) is 167 Å². The second kappa shape index (κ2) is 31.9. The highest BCUT2D eigenvalue weighted by atomic mass is 16.5. The van der Waals surface area contributed by atoms with E-state index in [9.17, 15) is 4.79 Å². The summed E-state index contributed by atoms with van der Waals surface area (Å²) in [6, 6.07) is 31.4. The van der Waals surface area contributed by atoms with Crippen LogP contribution in [0.3, 0.4) is 0 Å². The first-order chi connectivity index (χ1) is 59.2. The smallest absolute Gasteiger partial charge is 0.412 e. The van der Waals surface area contributed by atoms with Crippen LogP contribution in [-0.2, 0) is 9.47 Å². The number of nitrogen functional groups attached to an aromatic ring is 9. The molecule has 1 aliphatic rings. The molecule has 0 saturated carbocycles. The molecule has 15 aromatic heterocycles. The van der Waals surface area contributed by atoms with Gasteiger partial charge in [-0.3, -0.25) is 10.00 Å². The van der Waals surface area contributed by atoms with Gasteiger partial charge in [0.05, 0.1) is 51.0 Å². The van der Waals surface area contributed by atoms with Gasteiger partial charge in [-0.2, -0.15) is 40.3 Å². The van der Waals surface area contributed by atoms with Crippen LogP contribution in [0.15, 0.2) is 151 Å². The zero-order chi connectivity index (χ0) is 86.1. The van der Waals surface area contributed by atoms with Crippen molar-refractivity contribution < 1.29 is 36.5 Å². The third-order valence-electron chi connectivity index (χ3n) is 20.5. The molecule has 1 fully saturated rings. The Balaban J connectivity index is 0.000000109. The molecule has 0 aliphatic carbocycles. The number of hydrogen-bond donors (Lipinski definition) is 10. The summed E-state index contributed by atoms with van der Waals surface area (Å²) < 4.78 is 46.3. The molecule has 0 bridgehead atoms. The van der Waals surface area contributed by atoms with E-state index in [4.69, 9.17) is 93.8 Å². The lowest BCUT2D eigenvalue weighted by atomic mass is 10.1. The van der Waals surface area contributed by atoms with Crippen LogP contribution in [0.4, 0.5) is 63.8 Å². The molecule has 16 heterocycles. The van der Waals surface area contributed by atoms with Gasteiger partial charge in [0, 0.05) is 77.6 Å². The lowest BCUT2D eigenvalue weighted by molar-refractivity contribution is 0.0674. The third-order valence-corrected chi connectivity index (χ3v) is 20.5. The quantitative estimate of drug-likeness (QED) is 0.0575. The zero-order valence-electron chi connectivity index (χ0n) is 68.1. The van der Waals surface area contributed by atoms with E-state index in [0.29, 0.717) is 120 Å². The second-order valence-corrected chi connectivity index (χ2v) is 30.0. The Bertz CT molecular complexity index is 7270. The van der Waals surface area contributed by atoms with Crippen molar-refractivity contribution >= 4 is 175 Å². The van der Waals surface area contributed by atoms with Crippen LogP contribution in [0.2, 0.25) is 0 Å². The molecule has 123 heavy (non-hydrogen) atoms. The van der Waals surface area contributed by atoms with Crippen molar-refractivity contribution in [1.82, 2.24) is 114 Å². The number of ether oxygens (including phenoxy) is 2. The molecule has 1 saturated heterocycles. The molecule has 0 unspecified atom stereocenters. The standard InChI is InChI=1S/C17H17N7O3.C17H17N7O2.C16H17N7O.2C16H16N6O/c1-8(2)24-16-12(14(18)19-7-20-16)13(22-24)9-4-5-11-10(6-9)15(23-27-11)21-17(25)26-3;18-15-13-14(9-1-2-12-11(7-9)22-17(19)26-12)23-24(16(13)21-8-20-15)10-3-5-25-6-4-10;1-7(2)23-15-12(14(17)19-8(3)20-15)13(22-23)9-4-5-11-10(6-9)21-16(18)24-11;1-8(2)22-6-10(13-14(17)19-7-20-15(13)22)9-3-4-12-11(5-9)21-16(18)23-12;1-8(2)22-11-5-6-19-15(17)13(11)14(21-22)9-3-4-12-10(7-9)20-16(18)23-12/h4-8H,1-3H3,(H2,18,19,20)(H,21,23,25);1-2,7-8,10H,3-6H2,(H2,19,22)(H2,18,20,21);4-7H,1-3H3,(H2,18,21)(H2,17,19,20);3-8H,1-2H3,(H2,18,21)(H2,17,19,20);3-8H,1-2H3,(H2,17,19)(H2,18,20). The summed E-state index contributed by atoms with van der Waals surface area (Å²) in [7, 11) is 1.27. The molecule has 1 aliphatic heterocycles. The predicted molar refractivity (Wildman–Crippen MR) is 467 cm³/mol. The van der Waals surface area contributed by atoms with Gasteiger partial charge in [0.2, 0.25) is 0 Å². The van der Waals surface area contributed by atoms with E-state index in [0.717, 1.165) is 107 Å². The summed E-state index contributed by atoms with van der Waals surface area (Å²) >= 11 is 0. The molecule has 5 aromatic carbocycles. The first kappa shape index (κ1) is 79.2. The Morgan fingerprint density at radius 2 is 0.870 bits per heavy atom. The van der Waals surface area contributed by atoms with Crippen LogP contribution in [0, 0.1) is 6.92 Å². The van der Waals surface area contributed by atoms with E-state index in [1.807, 2.05) is 146 Å². The molecular weight excluding hydrogens is 1580 g/mol. The number of aryl methyl sites for hydroxylation is 1. The zero-order valence-corrected chi connectivity index (χ0v) is 68.1. The van der Waals surface area contributed by atoms with Gasteiger partial charge < -0.3 is 87.8 Å². The number of pyridine rings is 1. The SMILES string of the molecule is CC(C)n1cc(-c2ccc3oc(N)nc3c2)c2c(N)ncnc21.CC(C)n1nc(-c2ccc3oc(N)nc3c2)c2c(N)nccc21.COC(=O)Nc1noc2ccc(-c3nn(C(C)C)c4ncnc(N)c34)cc12.Cc1nc(N)c2c(-c3ccc4oc(N)nc4c3)nn(C(C)C)c2n1.Nc1nc2cc(-c3nn(C4CCOCC4)c4ncnc(N)c34)ccc2o1. The number of aromatic nitrogens is 23. The molecule has 624 valence electrons. The van der Waals surface area contributed by atoms with E-state index in [-0.39, 0.29) is 60.1 Å². The van der Waals surface area contributed by atoms with E-state index >= 15 is 0 Å². The summed E-state index contributed by atoms with van der Waals surface area (Å²) in [5.74, 6) is 2.97. The Labute approximate surface area is 695 Å². The maximum absolute atomic E-state index is 11.5. The van der Waals surface area contributed by atoms with Crippen molar-refractivity contribution in [3.63, 3.8) is 0 Å². The van der Waals surface area contributed by atoms with Crippen molar-refractivity contribution in [2.75, 3.05) is 77.2 Å². The van der Waals surface area contributed by atoms with Crippen LogP contribution >= 0.6 is 0 Å². The van der Waals surface area contributed by atoms with Crippen molar-refractivity contribution in [3.8, 4) is 56.2 Å². The fourth-order valence-corrected chi connectivity index (χ4v) is 14.8. The first-order valence-electron chi connectivity index (χ1n) is 38.9. The van der Waals surface area contributed by atoms with E-state index in [1.54, 1.807) is 16.9 Å². The van der Waals surface area contributed by atoms with Crippen LogP contribution in [0.1, 0.15) is 104 Å². The van der Waals surface area contributed by atoms with Gasteiger partial charge in [0.1, 0.15) is 104 Å². The van der Waals surface area contributed by atoms with Crippen molar-refractivity contribution in [2.24, 2.45) is 0 Å². The number of rotatable bonds is 11. The maximum atomic E-state index is 11.5. The average Bonchev–Trinajstić information content (AvgIpc) is 1.57. The van der Waals surface area contributed by atoms with E-state index in [1.165, 1.54) is 26.1 Å². The summed E-state index contributed by atoms with van der Waals surface area (Å²) in [4.78, 5) is 66.8. The van der Waals surface area contributed by atoms with Crippen LogP contribution in [0.5, 0.6) is 0 Å². The number of benzene rings is 5. The van der Waals surface area contributed by atoms with Gasteiger partial charge in [-0.1, -0.05) is 11.2 Å². The number of methoxy groups -OCH3 is 1. The molecule has 1 amide bonds. The molecular formula is C82H83N33O8.